The van der Waals surface area contributed by atoms with E-state index < -0.39 is 5.97 Å². The van der Waals surface area contributed by atoms with Crippen molar-refractivity contribution >= 4 is 45.2 Å². The Morgan fingerprint density at radius 2 is 1.84 bits per heavy atom. The van der Waals surface area contributed by atoms with Gasteiger partial charge in [0.2, 0.25) is 0 Å². The Labute approximate surface area is 194 Å². The molecule has 0 atom stereocenters. The quantitative estimate of drug-likeness (QED) is 0.401. The van der Waals surface area contributed by atoms with Crippen LogP contribution in [0.25, 0.3) is 10.2 Å². The summed E-state index contributed by atoms with van der Waals surface area (Å²) in [5.41, 5.74) is 1.64. The zero-order valence-electron chi connectivity index (χ0n) is 18.1. The summed E-state index contributed by atoms with van der Waals surface area (Å²) in [5.74, 6) is 0.549. The van der Waals surface area contributed by atoms with Crippen LogP contribution >= 0.6 is 23.1 Å². The summed E-state index contributed by atoms with van der Waals surface area (Å²) in [6.07, 6.45) is 0.182. The Balaban J connectivity index is 1.66. The van der Waals surface area contributed by atoms with Crippen LogP contribution in [-0.2, 0) is 27.3 Å². The van der Waals surface area contributed by atoms with E-state index in [0.717, 1.165) is 15.8 Å². The molecule has 1 amide bonds. The largest absolute Gasteiger partial charge is 0.486 e. The van der Waals surface area contributed by atoms with Crippen LogP contribution in [0.5, 0.6) is 11.5 Å². The molecule has 0 unspecified atom stereocenters. The molecule has 0 spiro atoms. The van der Waals surface area contributed by atoms with Crippen LogP contribution < -0.4 is 14.3 Å². The van der Waals surface area contributed by atoms with E-state index in [4.69, 9.17) is 14.2 Å². The number of thiazole rings is 1. The highest BCUT2D eigenvalue weighted by atomic mass is 32.2. The van der Waals surface area contributed by atoms with Gasteiger partial charge in [-0.2, -0.15) is 4.99 Å². The Morgan fingerprint density at radius 3 is 2.50 bits per heavy atom. The van der Waals surface area contributed by atoms with Gasteiger partial charge < -0.3 is 18.8 Å². The molecule has 2 aromatic carbocycles. The van der Waals surface area contributed by atoms with Gasteiger partial charge in [-0.05, 0) is 17.7 Å². The first-order chi connectivity index (χ1) is 15.4. The van der Waals surface area contributed by atoms with Gasteiger partial charge in [-0.25, -0.2) is 0 Å². The van der Waals surface area contributed by atoms with E-state index in [1.807, 2.05) is 36.4 Å². The molecule has 0 bridgehead atoms. The summed E-state index contributed by atoms with van der Waals surface area (Å²) in [5, 5.41) is 0.497. The van der Waals surface area contributed by atoms with Gasteiger partial charge in [0, 0.05) is 22.3 Å². The highest BCUT2D eigenvalue weighted by molar-refractivity contribution is 7.99. The average molecular weight is 473 g/mol. The minimum atomic E-state index is -0.424. The van der Waals surface area contributed by atoms with E-state index in [-0.39, 0.29) is 18.9 Å². The SMILES string of the molecule is COC(=O)Cn1c(=NC(=O)Cc2ccc(SC(C)C)cc2)sc2cc3c(cc21)OCCO3. The molecule has 0 N–H and O–H groups in total. The number of carbonyl (C=O) groups is 2. The number of ether oxygens (including phenoxy) is 3. The van der Waals surface area contributed by atoms with E-state index in [2.05, 4.69) is 18.8 Å². The maximum Gasteiger partial charge on any atom is 0.325 e. The molecule has 3 aromatic rings. The molecule has 0 fully saturated rings. The molecule has 32 heavy (non-hydrogen) atoms. The van der Waals surface area contributed by atoms with Crippen LogP contribution in [0.4, 0.5) is 0 Å². The van der Waals surface area contributed by atoms with Crippen LogP contribution in [0.2, 0.25) is 0 Å². The molecule has 2 heterocycles. The maximum absolute atomic E-state index is 12.7. The van der Waals surface area contributed by atoms with Crippen molar-refractivity contribution in [2.24, 2.45) is 4.99 Å². The van der Waals surface area contributed by atoms with Gasteiger partial charge in [-0.15, -0.1) is 11.8 Å². The second kappa shape index (κ2) is 9.79. The molecule has 1 aliphatic heterocycles. The van der Waals surface area contributed by atoms with E-state index in [1.54, 1.807) is 16.3 Å². The number of methoxy groups -OCH3 is 1. The van der Waals surface area contributed by atoms with E-state index >= 15 is 0 Å². The lowest BCUT2D eigenvalue weighted by molar-refractivity contribution is -0.141. The number of nitrogens with zero attached hydrogens (tertiary/aromatic N) is 2. The van der Waals surface area contributed by atoms with Gasteiger partial charge in [-0.1, -0.05) is 37.3 Å². The normalized spacial score (nSPS) is 13.6. The van der Waals surface area contributed by atoms with Crippen molar-refractivity contribution in [3.63, 3.8) is 0 Å². The predicted molar refractivity (Wildman–Crippen MR) is 125 cm³/mol. The van der Waals surface area contributed by atoms with Crippen molar-refractivity contribution in [1.82, 2.24) is 4.57 Å². The molecule has 0 saturated heterocycles. The fourth-order valence-electron chi connectivity index (χ4n) is 3.32. The number of aromatic nitrogens is 1. The first kappa shape index (κ1) is 22.4. The number of hydrogen-bond acceptors (Lipinski definition) is 7. The Bertz CT molecular complexity index is 1210. The van der Waals surface area contributed by atoms with Crippen molar-refractivity contribution < 1.29 is 23.8 Å². The highest BCUT2D eigenvalue weighted by Crippen LogP contribution is 2.35. The molecule has 9 heteroatoms. The van der Waals surface area contributed by atoms with E-state index in [1.165, 1.54) is 23.3 Å². The molecule has 4 rings (SSSR count). The number of amides is 1. The van der Waals surface area contributed by atoms with Gasteiger partial charge >= 0.3 is 5.97 Å². The molecule has 7 nitrogen and oxygen atoms in total. The van der Waals surface area contributed by atoms with Crippen LogP contribution in [-0.4, -0.2) is 42.0 Å². The van der Waals surface area contributed by atoms with Gasteiger partial charge in [0.1, 0.15) is 19.8 Å². The third-order valence-electron chi connectivity index (χ3n) is 4.73. The molecular weight excluding hydrogens is 448 g/mol. The number of hydrogen-bond donors (Lipinski definition) is 0. The monoisotopic (exact) mass is 472 g/mol. The number of carbonyl (C=O) groups excluding carboxylic acids is 2. The Morgan fingerprint density at radius 1 is 1.16 bits per heavy atom. The van der Waals surface area contributed by atoms with E-state index in [0.29, 0.717) is 34.8 Å². The fraction of sp³-hybridized carbons (Fsp3) is 0.348. The number of benzene rings is 2. The summed E-state index contributed by atoms with van der Waals surface area (Å²) in [6, 6.07) is 11.6. The van der Waals surface area contributed by atoms with Crippen molar-refractivity contribution in [1.29, 1.82) is 0 Å². The standard InChI is InChI=1S/C23H24N2O5S2/c1-14(2)31-16-6-4-15(5-7-16)10-21(26)24-23-25(13-22(27)28-3)17-11-18-19(12-20(17)32-23)30-9-8-29-18/h4-7,11-12,14H,8-10,13H2,1-3H3. The second-order valence-electron chi connectivity index (χ2n) is 7.50. The molecule has 168 valence electrons. The lowest BCUT2D eigenvalue weighted by atomic mass is 10.1. The van der Waals surface area contributed by atoms with Gasteiger partial charge in [-0.3, -0.25) is 9.59 Å². The smallest absolute Gasteiger partial charge is 0.325 e. The topological polar surface area (TPSA) is 79.1 Å². The third-order valence-corrected chi connectivity index (χ3v) is 6.79. The Kier molecular flexibility index (Phi) is 6.86. The molecule has 1 aliphatic rings. The number of thioether (sulfide) groups is 1. The lowest BCUT2D eigenvalue weighted by Crippen LogP contribution is -2.23. The number of rotatable bonds is 6. The summed E-state index contributed by atoms with van der Waals surface area (Å²) in [7, 11) is 1.33. The molecule has 1 aromatic heterocycles. The van der Waals surface area contributed by atoms with Crippen molar-refractivity contribution in [2.75, 3.05) is 20.3 Å². The zero-order valence-corrected chi connectivity index (χ0v) is 19.8. The Hall–Kier alpha value is -2.78. The summed E-state index contributed by atoms with van der Waals surface area (Å²) in [4.78, 5) is 30.7. The van der Waals surface area contributed by atoms with E-state index in [9.17, 15) is 9.59 Å². The first-order valence-corrected chi connectivity index (χ1v) is 12.0. The van der Waals surface area contributed by atoms with Gasteiger partial charge in [0.25, 0.3) is 5.91 Å². The fourth-order valence-corrected chi connectivity index (χ4v) is 5.21. The van der Waals surface area contributed by atoms with Crippen molar-refractivity contribution in [3.05, 3.63) is 46.8 Å². The lowest BCUT2D eigenvalue weighted by Gasteiger charge is -2.18. The number of esters is 1. The minimum Gasteiger partial charge on any atom is -0.486 e. The minimum absolute atomic E-state index is 0.0522. The third kappa shape index (κ3) is 5.16. The van der Waals surface area contributed by atoms with Crippen molar-refractivity contribution in [2.45, 2.75) is 37.0 Å². The highest BCUT2D eigenvalue weighted by Gasteiger charge is 2.18. The second-order valence-corrected chi connectivity index (χ2v) is 10.2. The molecule has 0 aliphatic carbocycles. The van der Waals surface area contributed by atoms with Gasteiger partial charge in [0.05, 0.1) is 23.7 Å². The number of fused-ring (bicyclic) bond motifs is 2. The van der Waals surface area contributed by atoms with Crippen LogP contribution in [0.15, 0.2) is 46.3 Å². The maximum atomic E-state index is 12.7. The van der Waals surface area contributed by atoms with Gasteiger partial charge in [0.15, 0.2) is 16.3 Å². The molecule has 0 saturated carbocycles. The zero-order chi connectivity index (χ0) is 22.7. The summed E-state index contributed by atoms with van der Waals surface area (Å²) < 4.78 is 18.7. The average Bonchev–Trinajstić information content (AvgIpc) is 3.08. The van der Waals surface area contributed by atoms with Crippen LogP contribution in [0.1, 0.15) is 19.4 Å². The predicted octanol–water partition coefficient (Wildman–Crippen LogP) is 3.82. The summed E-state index contributed by atoms with van der Waals surface area (Å²) in [6.45, 7) is 5.18. The van der Waals surface area contributed by atoms with Crippen LogP contribution in [0, 0.1) is 0 Å². The van der Waals surface area contributed by atoms with Crippen molar-refractivity contribution in [3.8, 4) is 11.5 Å². The first-order valence-electron chi connectivity index (χ1n) is 10.3. The summed E-state index contributed by atoms with van der Waals surface area (Å²) >= 11 is 3.10. The molecular formula is C23H24N2O5S2. The molecule has 0 radical (unpaired) electrons. The van der Waals surface area contributed by atoms with Crippen LogP contribution in [0.3, 0.4) is 0 Å².